The van der Waals surface area contributed by atoms with Crippen LogP contribution in [0.25, 0.3) is 0 Å². The average Bonchev–Trinajstić information content (AvgIpc) is 4.06. The summed E-state index contributed by atoms with van der Waals surface area (Å²) in [6, 6.07) is 7.19. The van der Waals surface area contributed by atoms with Gasteiger partial charge in [0.25, 0.3) is 11.8 Å². The van der Waals surface area contributed by atoms with Gasteiger partial charge in [0, 0.05) is 99.4 Å². The number of benzene rings is 1. The third-order valence-electron chi connectivity index (χ3n) is 10.1. The summed E-state index contributed by atoms with van der Waals surface area (Å²) in [6.45, 7) is 3.77. The van der Waals surface area contributed by atoms with Crippen LogP contribution in [0.3, 0.4) is 0 Å². The fraction of sp³-hybridized carbons (Fsp3) is 0.561. The second kappa shape index (κ2) is 26.4. The van der Waals surface area contributed by atoms with E-state index in [9.17, 15) is 28.8 Å². The first-order chi connectivity index (χ1) is 30.1. The van der Waals surface area contributed by atoms with Crippen LogP contribution in [-0.4, -0.2) is 144 Å². The number of nitrogens with one attached hydrogen (secondary N) is 8. The molecule has 0 aliphatic carbocycles. The maximum atomic E-state index is 13.2. The van der Waals surface area contributed by atoms with Crippen molar-refractivity contribution >= 4 is 70.3 Å². The summed E-state index contributed by atoms with van der Waals surface area (Å²) in [4.78, 5) is 80.4. The van der Waals surface area contributed by atoms with Gasteiger partial charge in [-0.2, -0.15) is 11.8 Å². The van der Waals surface area contributed by atoms with E-state index < -0.39 is 17.9 Å². The molecule has 2 aromatic rings. The van der Waals surface area contributed by atoms with Crippen molar-refractivity contribution in [3.05, 3.63) is 60.2 Å². The van der Waals surface area contributed by atoms with Crippen LogP contribution in [0, 0.1) is 0 Å². The number of aromatic nitrogens is 2. The molecule has 8 N–H and O–H groups in total. The van der Waals surface area contributed by atoms with E-state index in [1.807, 2.05) is 36.0 Å². The van der Waals surface area contributed by atoms with Crippen LogP contribution in [0.5, 0.6) is 0 Å². The molecule has 3 aliphatic rings. The summed E-state index contributed by atoms with van der Waals surface area (Å²) in [5.41, 5.74) is 2.45. The Kier molecular flexibility index (Phi) is 20.4. The Morgan fingerprint density at radius 3 is 2.21 bits per heavy atom. The van der Waals surface area contributed by atoms with Crippen LogP contribution in [0.2, 0.25) is 0 Å². The maximum absolute atomic E-state index is 13.2. The average molecular weight is 899 g/mol. The predicted octanol–water partition coefficient (Wildman–Crippen LogP) is 1.03. The first kappa shape index (κ1) is 48.0. The molecular weight excluding hydrogens is 841 g/mol. The van der Waals surface area contributed by atoms with Gasteiger partial charge in [-0.1, -0.05) is 18.6 Å². The Bertz CT molecular complexity index is 1800. The molecule has 338 valence electrons. The molecule has 21 heteroatoms. The van der Waals surface area contributed by atoms with Gasteiger partial charge in [0.05, 0.1) is 44.8 Å². The number of hydrogen-bond acceptors (Lipinski definition) is 12. The van der Waals surface area contributed by atoms with Crippen molar-refractivity contribution in [2.24, 2.45) is 0 Å². The van der Waals surface area contributed by atoms with Crippen LogP contribution in [0.15, 0.2) is 48.9 Å². The lowest BCUT2D eigenvalue weighted by molar-refractivity contribution is -0.137. The number of nitrogens with zero attached hydrogens (tertiary/aromatic N) is 2. The van der Waals surface area contributed by atoms with E-state index in [1.54, 1.807) is 12.5 Å². The van der Waals surface area contributed by atoms with Gasteiger partial charge in [0.2, 0.25) is 17.7 Å². The number of thiocarbonyl (C=S) groups is 1. The maximum Gasteiger partial charge on any atom is 0.315 e. The third-order valence-corrected chi connectivity index (χ3v) is 11.9. The van der Waals surface area contributed by atoms with Crippen molar-refractivity contribution in [2.45, 2.75) is 81.3 Å². The molecule has 1 aromatic carbocycles. The summed E-state index contributed by atoms with van der Waals surface area (Å²) in [7, 11) is 0. The number of ether oxygens (including phenoxy) is 3. The van der Waals surface area contributed by atoms with Crippen molar-refractivity contribution in [3.8, 4) is 0 Å². The highest BCUT2D eigenvalue weighted by molar-refractivity contribution is 8.00. The number of aromatic amines is 1. The third kappa shape index (κ3) is 17.0. The van der Waals surface area contributed by atoms with E-state index >= 15 is 0 Å². The van der Waals surface area contributed by atoms with E-state index in [0.717, 1.165) is 46.9 Å². The molecule has 0 spiro atoms. The van der Waals surface area contributed by atoms with Gasteiger partial charge in [-0.3, -0.25) is 28.9 Å². The highest BCUT2D eigenvalue weighted by atomic mass is 32.2. The smallest absolute Gasteiger partial charge is 0.315 e. The Morgan fingerprint density at radius 2 is 1.52 bits per heavy atom. The molecule has 0 bridgehead atoms. The molecular formula is C41H58N10O9S2. The van der Waals surface area contributed by atoms with Crippen LogP contribution in [0.4, 0.5) is 10.5 Å². The summed E-state index contributed by atoms with van der Waals surface area (Å²) in [5, 5.41) is 21.6. The van der Waals surface area contributed by atoms with Crippen LogP contribution < -0.4 is 37.2 Å². The minimum Gasteiger partial charge on any atom is -0.379 e. The molecule has 4 heterocycles. The number of amides is 7. The molecule has 0 unspecified atom stereocenters. The minimum absolute atomic E-state index is 0.00464. The van der Waals surface area contributed by atoms with E-state index in [2.05, 4.69) is 47.2 Å². The normalized spacial score (nSPS) is 18.2. The van der Waals surface area contributed by atoms with Crippen LogP contribution in [0.1, 0.15) is 56.2 Å². The molecule has 3 aliphatic heterocycles. The Labute approximate surface area is 370 Å². The van der Waals surface area contributed by atoms with E-state index in [4.69, 9.17) is 26.4 Å². The largest absolute Gasteiger partial charge is 0.379 e. The van der Waals surface area contributed by atoms with Gasteiger partial charge in [0.1, 0.15) is 6.04 Å². The SMILES string of the molecule is O=C(CCN1C(=O)C=CC1=O)NCCCOCCOCCOCCCNC(=O)[C@H](Cc1cnc[nH]1)NC(=S)Nc1ccc(CNC(=O)CCCC[C@@H]2SC[C@@H]3NC(=O)N[C@@H]32)cc1. The Morgan fingerprint density at radius 1 is 0.839 bits per heavy atom. The summed E-state index contributed by atoms with van der Waals surface area (Å²) in [6.07, 6.45) is 10.4. The summed E-state index contributed by atoms with van der Waals surface area (Å²) < 4.78 is 16.7. The monoisotopic (exact) mass is 898 g/mol. The summed E-state index contributed by atoms with van der Waals surface area (Å²) in [5.74, 6) is -0.328. The first-order valence-corrected chi connectivity index (χ1v) is 22.5. The topological polar surface area (TPSA) is 246 Å². The van der Waals surface area contributed by atoms with Gasteiger partial charge in [0.15, 0.2) is 5.11 Å². The zero-order valence-electron chi connectivity index (χ0n) is 34.7. The summed E-state index contributed by atoms with van der Waals surface area (Å²) >= 11 is 7.44. The second-order valence-corrected chi connectivity index (χ2v) is 16.6. The first-order valence-electron chi connectivity index (χ1n) is 21.0. The Hall–Kier alpha value is -5.09. The standard InChI is InChI=1S/C41H58N10O9S2/c52-34(6-2-1-5-33-38-32(26-62-33)48-40(57)50-38)45-24-28-7-9-29(10-8-28)47-41(61)49-31(23-30-25-42-27-46-30)39(56)44-15-4-18-59-20-22-60-21-19-58-17-3-14-43-35(53)13-16-51-36(54)11-12-37(51)55/h7-12,25,27,31-33,38H,1-6,13-24,26H2,(H,42,46)(H,43,53)(H,44,56)(H,45,52)(H2,47,49,61)(H2,48,50,57)/t31-,32-,33-,38-/m0/s1. The van der Waals surface area contributed by atoms with Gasteiger partial charge in [-0.05, 0) is 55.6 Å². The van der Waals surface area contributed by atoms with Gasteiger partial charge < -0.3 is 56.4 Å². The number of unbranched alkanes of at least 4 members (excludes halogenated alkanes) is 1. The number of rotatable bonds is 29. The molecule has 5 rings (SSSR count). The number of hydrogen-bond donors (Lipinski definition) is 8. The number of anilines is 1. The highest BCUT2D eigenvalue weighted by Crippen LogP contribution is 2.33. The number of carbonyl (C=O) groups excluding carboxylic acids is 6. The van der Waals surface area contributed by atoms with E-state index in [0.29, 0.717) is 90.2 Å². The molecule has 2 saturated heterocycles. The lowest BCUT2D eigenvalue weighted by atomic mass is 10.0. The molecule has 19 nitrogen and oxygen atoms in total. The Balaban J connectivity index is 0.857. The quantitative estimate of drug-likeness (QED) is 0.0246. The minimum atomic E-state index is -0.668. The molecule has 0 saturated carbocycles. The fourth-order valence-electron chi connectivity index (χ4n) is 6.83. The number of thioether (sulfide) groups is 1. The van der Waals surface area contributed by atoms with E-state index in [1.165, 1.54) is 12.2 Å². The van der Waals surface area contributed by atoms with E-state index in [-0.39, 0.29) is 53.9 Å². The molecule has 2 fully saturated rings. The second-order valence-electron chi connectivity index (χ2n) is 14.9. The van der Waals surface area contributed by atoms with Crippen molar-refractivity contribution in [3.63, 3.8) is 0 Å². The van der Waals surface area contributed by atoms with Gasteiger partial charge in [-0.15, -0.1) is 0 Å². The molecule has 7 amide bonds. The molecule has 4 atom stereocenters. The zero-order chi connectivity index (χ0) is 43.9. The zero-order valence-corrected chi connectivity index (χ0v) is 36.4. The molecule has 1 aromatic heterocycles. The number of urea groups is 1. The number of H-pyrrole nitrogens is 1. The van der Waals surface area contributed by atoms with Crippen LogP contribution >= 0.6 is 24.0 Å². The lowest BCUT2D eigenvalue weighted by Gasteiger charge is -2.20. The molecule has 0 radical (unpaired) electrons. The lowest BCUT2D eigenvalue weighted by Crippen LogP contribution is -2.49. The number of fused-ring (bicyclic) bond motifs is 1. The molecule has 62 heavy (non-hydrogen) atoms. The van der Waals surface area contributed by atoms with Crippen molar-refractivity contribution < 1.29 is 43.0 Å². The number of imidazole rings is 1. The predicted molar refractivity (Wildman–Crippen MR) is 236 cm³/mol. The van der Waals surface area contributed by atoms with Crippen LogP contribution in [-0.2, 0) is 51.1 Å². The van der Waals surface area contributed by atoms with Crippen molar-refractivity contribution in [1.29, 1.82) is 0 Å². The van der Waals surface area contributed by atoms with Crippen molar-refractivity contribution in [2.75, 3.05) is 70.3 Å². The van der Waals surface area contributed by atoms with Crippen molar-refractivity contribution in [1.82, 2.24) is 46.8 Å². The number of carbonyl (C=O) groups is 6. The van der Waals surface area contributed by atoms with Gasteiger partial charge >= 0.3 is 6.03 Å². The van der Waals surface area contributed by atoms with Gasteiger partial charge in [-0.25, -0.2) is 9.78 Å². The fourth-order valence-corrected chi connectivity index (χ4v) is 8.63. The highest BCUT2D eigenvalue weighted by Gasteiger charge is 2.42. The number of imide groups is 1.